The Labute approximate surface area is 89.5 Å². The molecule has 15 heavy (non-hydrogen) atoms. The van der Waals surface area contributed by atoms with E-state index >= 15 is 0 Å². The van der Waals surface area contributed by atoms with Crippen molar-refractivity contribution >= 4 is 5.82 Å². The van der Waals surface area contributed by atoms with Gasteiger partial charge < -0.3 is 15.0 Å². The Bertz CT molecular complexity index is 312. The topological polar surface area (TPSA) is 50.3 Å². The average molecular weight is 208 g/mol. The number of ether oxygens (including phenoxy) is 1. The van der Waals surface area contributed by atoms with E-state index in [1.165, 1.54) is 0 Å². The first-order chi connectivity index (χ1) is 7.40. The number of piperazine rings is 1. The third kappa shape index (κ3) is 2.56. The lowest BCUT2D eigenvalue weighted by Gasteiger charge is -2.28. The highest BCUT2D eigenvalue weighted by Crippen LogP contribution is 2.15. The molecular weight excluding hydrogens is 192 g/mol. The quantitative estimate of drug-likeness (QED) is 0.773. The summed E-state index contributed by atoms with van der Waals surface area (Å²) in [7, 11) is 0. The molecule has 0 aromatic carbocycles. The van der Waals surface area contributed by atoms with Gasteiger partial charge in [0.1, 0.15) is 12.1 Å². The largest absolute Gasteiger partial charge is 0.478 e. The molecule has 0 radical (unpaired) electrons. The van der Waals surface area contributed by atoms with Crippen LogP contribution in [-0.4, -0.2) is 42.8 Å². The van der Waals surface area contributed by atoms with Crippen LogP contribution < -0.4 is 15.0 Å². The highest BCUT2D eigenvalue weighted by molar-refractivity contribution is 5.41. The number of anilines is 1. The van der Waals surface area contributed by atoms with E-state index in [1.807, 2.05) is 13.0 Å². The molecule has 1 N–H and O–H groups in total. The fourth-order valence-electron chi connectivity index (χ4n) is 1.62. The Morgan fingerprint density at radius 2 is 2.20 bits per heavy atom. The molecule has 0 unspecified atom stereocenters. The van der Waals surface area contributed by atoms with Crippen LogP contribution in [0, 0.1) is 0 Å². The van der Waals surface area contributed by atoms with Crippen LogP contribution in [0.1, 0.15) is 6.92 Å². The monoisotopic (exact) mass is 208 g/mol. The van der Waals surface area contributed by atoms with Crippen molar-refractivity contribution in [3.8, 4) is 5.88 Å². The summed E-state index contributed by atoms with van der Waals surface area (Å²) < 4.78 is 5.34. The second kappa shape index (κ2) is 4.93. The van der Waals surface area contributed by atoms with Gasteiger partial charge in [0.15, 0.2) is 0 Å². The molecule has 0 saturated carbocycles. The van der Waals surface area contributed by atoms with Crippen LogP contribution in [0.4, 0.5) is 5.82 Å². The van der Waals surface area contributed by atoms with E-state index in [0.29, 0.717) is 12.5 Å². The number of hydrogen-bond donors (Lipinski definition) is 1. The molecular formula is C10H16N4O. The maximum atomic E-state index is 5.34. The van der Waals surface area contributed by atoms with Gasteiger partial charge in [-0.05, 0) is 6.92 Å². The molecule has 5 nitrogen and oxygen atoms in total. The van der Waals surface area contributed by atoms with Crippen LogP contribution in [-0.2, 0) is 0 Å². The molecule has 1 fully saturated rings. The SMILES string of the molecule is CCOc1cc(N2CCNCC2)ncn1. The zero-order valence-corrected chi connectivity index (χ0v) is 8.94. The van der Waals surface area contributed by atoms with Crippen molar-refractivity contribution in [1.29, 1.82) is 0 Å². The Morgan fingerprint density at radius 1 is 1.40 bits per heavy atom. The minimum atomic E-state index is 0.637. The van der Waals surface area contributed by atoms with Crippen molar-refractivity contribution in [3.63, 3.8) is 0 Å². The van der Waals surface area contributed by atoms with E-state index in [1.54, 1.807) is 6.33 Å². The summed E-state index contributed by atoms with van der Waals surface area (Å²) in [4.78, 5) is 10.5. The van der Waals surface area contributed by atoms with Gasteiger partial charge in [0.05, 0.1) is 6.61 Å². The molecule has 2 heterocycles. The summed E-state index contributed by atoms with van der Waals surface area (Å²) in [5.74, 6) is 1.61. The molecule has 1 aromatic rings. The summed E-state index contributed by atoms with van der Waals surface area (Å²) in [6, 6.07) is 1.90. The number of aromatic nitrogens is 2. The molecule has 0 amide bonds. The van der Waals surface area contributed by atoms with Crippen LogP contribution in [0.25, 0.3) is 0 Å². The Hall–Kier alpha value is -1.36. The normalized spacial score (nSPS) is 16.5. The number of hydrogen-bond acceptors (Lipinski definition) is 5. The molecule has 2 rings (SSSR count). The van der Waals surface area contributed by atoms with Crippen molar-refractivity contribution in [2.75, 3.05) is 37.7 Å². The molecule has 0 atom stereocenters. The van der Waals surface area contributed by atoms with E-state index in [9.17, 15) is 0 Å². The second-order valence-electron chi connectivity index (χ2n) is 3.38. The lowest BCUT2D eigenvalue weighted by Crippen LogP contribution is -2.43. The molecule has 1 saturated heterocycles. The van der Waals surface area contributed by atoms with Gasteiger partial charge in [0.2, 0.25) is 5.88 Å². The number of nitrogens with one attached hydrogen (secondary N) is 1. The predicted octanol–water partition coefficient (Wildman–Crippen LogP) is 0.285. The zero-order chi connectivity index (χ0) is 10.5. The van der Waals surface area contributed by atoms with Gasteiger partial charge in [-0.3, -0.25) is 0 Å². The van der Waals surface area contributed by atoms with Crippen molar-refractivity contribution < 1.29 is 4.74 Å². The van der Waals surface area contributed by atoms with Crippen LogP contribution in [0.5, 0.6) is 5.88 Å². The third-order valence-electron chi connectivity index (χ3n) is 2.36. The molecule has 1 aliphatic heterocycles. The lowest BCUT2D eigenvalue weighted by molar-refractivity contribution is 0.326. The number of rotatable bonds is 3. The van der Waals surface area contributed by atoms with E-state index in [2.05, 4.69) is 20.2 Å². The molecule has 1 aromatic heterocycles. The van der Waals surface area contributed by atoms with Crippen LogP contribution in [0.2, 0.25) is 0 Å². The van der Waals surface area contributed by atoms with Gasteiger partial charge in [0.25, 0.3) is 0 Å². The van der Waals surface area contributed by atoms with Crippen LogP contribution >= 0.6 is 0 Å². The summed E-state index contributed by atoms with van der Waals surface area (Å²) in [5.41, 5.74) is 0. The van der Waals surface area contributed by atoms with Crippen molar-refractivity contribution in [3.05, 3.63) is 12.4 Å². The summed E-state index contributed by atoms with van der Waals surface area (Å²) in [6.07, 6.45) is 1.56. The van der Waals surface area contributed by atoms with E-state index in [4.69, 9.17) is 4.74 Å². The summed E-state index contributed by atoms with van der Waals surface area (Å²) in [6.45, 7) is 6.58. The molecule has 5 heteroatoms. The minimum absolute atomic E-state index is 0.637. The molecule has 0 aliphatic carbocycles. The first-order valence-corrected chi connectivity index (χ1v) is 5.30. The first kappa shape index (κ1) is 10.2. The molecule has 0 spiro atoms. The highest BCUT2D eigenvalue weighted by atomic mass is 16.5. The zero-order valence-electron chi connectivity index (χ0n) is 8.94. The Kier molecular flexibility index (Phi) is 3.34. The fourth-order valence-corrected chi connectivity index (χ4v) is 1.62. The van der Waals surface area contributed by atoms with E-state index in [0.717, 1.165) is 32.0 Å². The Morgan fingerprint density at radius 3 is 2.93 bits per heavy atom. The third-order valence-corrected chi connectivity index (χ3v) is 2.36. The standard InChI is InChI=1S/C10H16N4O/c1-2-15-10-7-9(12-8-13-10)14-5-3-11-4-6-14/h7-8,11H,2-6H2,1H3. The van der Waals surface area contributed by atoms with E-state index < -0.39 is 0 Å². The summed E-state index contributed by atoms with van der Waals surface area (Å²) in [5, 5.41) is 3.31. The second-order valence-corrected chi connectivity index (χ2v) is 3.38. The number of nitrogens with zero attached hydrogens (tertiary/aromatic N) is 3. The smallest absolute Gasteiger partial charge is 0.218 e. The fraction of sp³-hybridized carbons (Fsp3) is 0.600. The van der Waals surface area contributed by atoms with Crippen molar-refractivity contribution in [1.82, 2.24) is 15.3 Å². The van der Waals surface area contributed by atoms with E-state index in [-0.39, 0.29) is 0 Å². The predicted molar refractivity (Wildman–Crippen MR) is 58.3 cm³/mol. The lowest BCUT2D eigenvalue weighted by atomic mass is 10.3. The average Bonchev–Trinajstić information content (AvgIpc) is 2.31. The Balaban J connectivity index is 2.09. The highest BCUT2D eigenvalue weighted by Gasteiger charge is 2.12. The first-order valence-electron chi connectivity index (χ1n) is 5.30. The summed E-state index contributed by atoms with van der Waals surface area (Å²) >= 11 is 0. The van der Waals surface area contributed by atoms with Crippen LogP contribution in [0.3, 0.4) is 0 Å². The van der Waals surface area contributed by atoms with Gasteiger partial charge >= 0.3 is 0 Å². The van der Waals surface area contributed by atoms with Gasteiger partial charge in [0, 0.05) is 32.2 Å². The van der Waals surface area contributed by atoms with Crippen molar-refractivity contribution in [2.24, 2.45) is 0 Å². The minimum Gasteiger partial charge on any atom is -0.478 e. The van der Waals surface area contributed by atoms with Crippen molar-refractivity contribution in [2.45, 2.75) is 6.92 Å². The molecule has 1 aliphatic rings. The van der Waals surface area contributed by atoms with Gasteiger partial charge in [-0.25, -0.2) is 9.97 Å². The molecule has 0 bridgehead atoms. The molecule has 82 valence electrons. The van der Waals surface area contributed by atoms with Crippen LogP contribution in [0.15, 0.2) is 12.4 Å². The van der Waals surface area contributed by atoms with Gasteiger partial charge in [-0.1, -0.05) is 0 Å². The van der Waals surface area contributed by atoms with Gasteiger partial charge in [-0.15, -0.1) is 0 Å². The van der Waals surface area contributed by atoms with Gasteiger partial charge in [-0.2, -0.15) is 0 Å². The maximum absolute atomic E-state index is 5.34. The maximum Gasteiger partial charge on any atom is 0.218 e.